The summed E-state index contributed by atoms with van der Waals surface area (Å²) in [6, 6.07) is 10.4. The normalized spacial score (nSPS) is 24.3. The van der Waals surface area contributed by atoms with Crippen molar-refractivity contribution in [1.82, 2.24) is 10.3 Å². The summed E-state index contributed by atoms with van der Waals surface area (Å²) in [5.74, 6) is 6.33. The molecule has 1 amide bonds. The van der Waals surface area contributed by atoms with Crippen LogP contribution in [0.1, 0.15) is 42.5 Å². The van der Waals surface area contributed by atoms with Gasteiger partial charge in [-0.25, -0.2) is 4.39 Å². The minimum Gasteiger partial charge on any atom is -0.353 e. The van der Waals surface area contributed by atoms with E-state index in [1.54, 1.807) is 18.3 Å². The fourth-order valence-electron chi connectivity index (χ4n) is 4.10. The number of nitrogens with one attached hydrogen (secondary N) is 1. The summed E-state index contributed by atoms with van der Waals surface area (Å²) in [5, 5.41) is 3.16. The molecule has 0 radical (unpaired) electrons. The summed E-state index contributed by atoms with van der Waals surface area (Å²) in [6.45, 7) is 0. The lowest BCUT2D eigenvalue weighted by Gasteiger charge is -2.26. The predicted molar refractivity (Wildman–Crippen MR) is 97.7 cm³/mol. The van der Waals surface area contributed by atoms with Gasteiger partial charge in [0.05, 0.1) is 0 Å². The van der Waals surface area contributed by atoms with Crippen LogP contribution in [0.3, 0.4) is 0 Å². The first-order chi connectivity index (χ1) is 12.7. The average molecular weight is 348 g/mol. The van der Waals surface area contributed by atoms with Crippen molar-refractivity contribution in [3.63, 3.8) is 0 Å². The van der Waals surface area contributed by atoms with Crippen molar-refractivity contribution in [2.75, 3.05) is 0 Å². The molecule has 0 spiro atoms. The largest absolute Gasteiger partial charge is 0.353 e. The Hall–Kier alpha value is -2.67. The van der Waals surface area contributed by atoms with E-state index in [1.807, 2.05) is 12.1 Å². The molecule has 1 saturated heterocycles. The highest BCUT2D eigenvalue weighted by Gasteiger charge is 2.42. The van der Waals surface area contributed by atoms with Crippen molar-refractivity contribution in [3.8, 4) is 11.8 Å². The maximum Gasteiger partial charge on any atom is 0.224 e. The number of hydrogen-bond acceptors (Lipinski definition) is 2. The van der Waals surface area contributed by atoms with Crippen molar-refractivity contribution < 1.29 is 9.18 Å². The molecule has 1 aromatic heterocycles. The Bertz CT molecular complexity index is 866. The third kappa shape index (κ3) is 3.62. The van der Waals surface area contributed by atoms with E-state index >= 15 is 0 Å². The van der Waals surface area contributed by atoms with Crippen LogP contribution in [0.25, 0.3) is 0 Å². The Morgan fingerprint density at radius 1 is 1.12 bits per heavy atom. The van der Waals surface area contributed by atoms with Crippen molar-refractivity contribution >= 4 is 5.91 Å². The second-order valence-corrected chi connectivity index (χ2v) is 7.17. The number of carbonyl (C=O) groups is 1. The molecule has 1 aliphatic heterocycles. The predicted octanol–water partition coefficient (Wildman–Crippen LogP) is 3.47. The second-order valence-electron chi connectivity index (χ2n) is 7.17. The van der Waals surface area contributed by atoms with Crippen molar-refractivity contribution in [1.29, 1.82) is 0 Å². The minimum atomic E-state index is -0.291. The first-order valence-corrected chi connectivity index (χ1v) is 9.22. The first kappa shape index (κ1) is 16.8. The molecule has 1 aromatic carbocycles. The second kappa shape index (κ2) is 7.29. The molecule has 3 nitrogen and oxygen atoms in total. The number of fused-ring (bicyclic) bond motifs is 1. The van der Waals surface area contributed by atoms with E-state index in [0.29, 0.717) is 23.9 Å². The molecule has 2 heterocycles. The number of rotatable bonds is 2. The lowest BCUT2D eigenvalue weighted by Crippen LogP contribution is -2.31. The molecule has 1 saturated carbocycles. The van der Waals surface area contributed by atoms with Gasteiger partial charge in [0.2, 0.25) is 5.91 Å². The molecule has 2 aromatic rings. The maximum atomic E-state index is 13.2. The Kier molecular flexibility index (Phi) is 4.71. The van der Waals surface area contributed by atoms with Gasteiger partial charge >= 0.3 is 0 Å². The van der Waals surface area contributed by atoms with Crippen LogP contribution >= 0.6 is 0 Å². The van der Waals surface area contributed by atoms with E-state index in [1.165, 1.54) is 25.0 Å². The van der Waals surface area contributed by atoms with Crippen LogP contribution in [0.2, 0.25) is 0 Å². The van der Waals surface area contributed by atoms with Crippen LogP contribution in [0, 0.1) is 29.5 Å². The van der Waals surface area contributed by atoms with Gasteiger partial charge in [0.15, 0.2) is 0 Å². The number of halogens is 1. The molecular formula is C22H21FN2O. The number of pyridine rings is 1. The van der Waals surface area contributed by atoms with Gasteiger partial charge in [-0.3, -0.25) is 9.78 Å². The van der Waals surface area contributed by atoms with Gasteiger partial charge in [0.25, 0.3) is 0 Å². The molecular weight excluding hydrogens is 327 g/mol. The van der Waals surface area contributed by atoms with Crippen molar-refractivity contribution in [3.05, 3.63) is 65.2 Å². The number of benzene rings is 1. The summed E-state index contributed by atoms with van der Waals surface area (Å²) in [4.78, 5) is 16.8. The fraction of sp³-hybridized carbons (Fsp3) is 0.364. The Labute approximate surface area is 153 Å². The Morgan fingerprint density at radius 2 is 1.96 bits per heavy atom. The molecule has 2 fully saturated rings. The zero-order valence-electron chi connectivity index (χ0n) is 14.5. The quantitative estimate of drug-likeness (QED) is 0.845. The Morgan fingerprint density at radius 3 is 2.77 bits per heavy atom. The zero-order chi connectivity index (χ0) is 17.9. The highest BCUT2D eigenvalue weighted by atomic mass is 19.1. The van der Waals surface area contributed by atoms with Crippen LogP contribution in [0.5, 0.6) is 0 Å². The molecule has 2 unspecified atom stereocenters. The molecule has 4 heteroatoms. The Balaban J connectivity index is 1.44. The van der Waals surface area contributed by atoms with Gasteiger partial charge < -0.3 is 5.32 Å². The number of carbonyl (C=O) groups excluding carboxylic acids is 1. The lowest BCUT2D eigenvalue weighted by molar-refractivity contribution is -0.123. The summed E-state index contributed by atoms with van der Waals surface area (Å²) in [6.07, 6.45) is 7.08. The van der Waals surface area contributed by atoms with Gasteiger partial charge in [0.1, 0.15) is 5.82 Å². The number of hydrogen-bond donors (Lipinski definition) is 1. The van der Waals surface area contributed by atoms with Crippen LogP contribution < -0.4 is 5.32 Å². The minimum absolute atomic E-state index is 0.0389. The van der Waals surface area contributed by atoms with Crippen LogP contribution in [-0.4, -0.2) is 16.9 Å². The van der Waals surface area contributed by atoms with E-state index in [4.69, 9.17) is 0 Å². The van der Waals surface area contributed by atoms with Crippen LogP contribution in [0.15, 0.2) is 42.6 Å². The highest BCUT2D eigenvalue weighted by molar-refractivity contribution is 5.82. The maximum absolute atomic E-state index is 13.2. The van der Waals surface area contributed by atoms with Crippen molar-refractivity contribution in [2.45, 2.75) is 38.1 Å². The zero-order valence-corrected chi connectivity index (χ0v) is 14.5. The molecule has 26 heavy (non-hydrogen) atoms. The average Bonchev–Trinajstić information content (AvgIpc) is 2.97. The SMILES string of the molecule is O=C1NC2CCCCC2[C@@H]1Cc1ccc(C#Cc2cccc(F)c2)cn1. The molecule has 1 N–H and O–H groups in total. The van der Waals surface area contributed by atoms with E-state index < -0.39 is 0 Å². The van der Waals surface area contributed by atoms with Crippen LogP contribution in [-0.2, 0) is 11.2 Å². The van der Waals surface area contributed by atoms with E-state index in [0.717, 1.165) is 24.1 Å². The summed E-state index contributed by atoms with van der Waals surface area (Å²) < 4.78 is 13.2. The molecule has 0 bridgehead atoms. The van der Waals surface area contributed by atoms with Gasteiger partial charge in [0, 0.05) is 41.4 Å². The van der Waals surface area contributed by atoms with E-state index in [2.05, 4.69) is 22.1 Å². The highest BCUT2D eigenvalue weighted by Crippen LogP contribution is 2.36. The van der Waals surface area contributed by atoms with Gasteiger partial charge in [-0.05, 0) is 49.1 Å². The summed E-state index contributed by atoms with van der Waals surface area (Å²) in [5.41, 5.74) is 2.34. The lowest BCUT2D eigenvalue weighted by atomic mass is 9.78. The van der Waals surface area contributed by atoms with E-state index in [9.17, 15) is 9.18 Å². The first-order valence-electron chi connectivity index (χ1n) is 9.22. The summed E-state index contributed by atoms with van der Waals surface area (Å²) >= 11 is 0. The monoisotopic (exact) mass is 348 g/mol. The third-order valence-corrected chi connectivity index (χ3v) is 5.43. The fourth-order valence-corrected chi connectivity index (χ4v) is 4.10. The molecule has 4 rings (SSSR count). The van der Waals surface area contributed by atoms with Crippen molar-refractivity contribution in [2.24, 2.45) is 11.8 Å². The molecule has 1 aliphatic carbocycles. The molecule has 3 atom stereocenters. The van der Waals surface area contributed by atoms with Gasteiger partial charge in [-0.1, -0.05) is 30.7 Å². The number of nitrogens with zero attached hydrogens (tertiary/aromatic N) is 1. The van der Waals surface area contributed by atoms with Gasteiger partial charge in [-0.2, -0.15) is 0 Å². The molecule has 2 aliphatic rings. The van der Waals surface area contributed by atoms with Crippen LogP contribution in [0.4, 0.5) is 4.39 Å². The van der Waals surface area contributed by atoms with E-state index in [-0.39, 0.29) is 17.6 Å². The topological polar surface area (TPSA) is 42.0 Å². The van der Waals surface area contributed by atoms with Gasteiger partial charge in [-0.15, -0.1) is 0 Å². The standard InChI is InChI=1S/C22H21FN2O/c23-17-5-3-4-15(12-17)8-9-16-10-11-18(24-14-16)13-20-19-6-1-2-7-21(19)25-22(20)26/h3-5,10-12,14,19-21H,1-2,6-7,13H2,(H,25,26)/t19?,20-,21?/m0/s1. The third-order valence-electron chi connectivity index (χ3n) is 5.43. The number of amides is 1. The summed E-state index contributed by atoms with van der Waals surface area (Å²) in [7, 11) is 0. The molecule has 132 valence electrons. The number of aromatic nitrogens is 1. The smallest absolute Gasteiger partial charge is 0.224 e.